The van der Waals surface area contributed by atoms with Crippen LogP contribution in [0.15, 0.2) is 82.2 Å². The Bertz CT molecular complexity index is 1250. The van der Waals surface area contributed by atoms with E-state index in [2.05, 4.69) is 5.32 Å². The van der Waals surface area contributed by atoms with Crippen LogP contribution in [0.5, 0.6) is 0 Å². The van der Waals surface area contributed by atoms with E-state index in [1.54, 1.807) is 12.1 Å². The summed E-state index contributed by atoms with van der Waals surface area (Å²) in [6.07, 6.45) is 4.20. The summed E-state index contributed by atoms with van der Waals surface area (Å²) in [6, 6.07) is 19.0. The Labute approximate surface area is 155 Å². The maximum Gasteiger partial charge on any atom is 0.248 e. The molecule has 0 atom stereocenters. The van der Waals surface area contributed by atoms with Gasteiger partial charge in [0.2, 0.25) is 5.91 Å². The fraction of sp³-hybridized carbons (Fsp3) is 0.0435. The zero-order valence-corrected chi connectivity index (χ0v) is 14.7. The first-order chi connectivity index (χ1) is 13.1. The number of benzene rings is 3. The highest BCUT2D eigenvalue weighted by atomic mass is 16.3. The van der Waals surface area contributed by atoms with Crippen LogP contribution >= 0.6 is 0 Å². The third kappa shape index (κ3) is 3.37. The summed E-state index contributed by atoms with van der Waals surface area (Å²) in [5.74, 6) is -0.310. The molecule has 0 radical (unpaired) electrons. The predicted molar refractivity (Wildman–Crippen MR) is 109 cm³/mol. The van der Waals surface area contributed by atoms with Gasteiger partial charge in [0.15, 0.2) is 5.43 Å². The second kappa shape index (κ2) is 6.92. The lowest BCUT2D eigenvalue weighted by molar-refractivity contribution is -0.111. The van der Waals surface area contributed by atoms with E-state index in [0.717, 1.165) is 22.0 Å². The fourth-order valence-electron chi connectivity index (χ4n) is 3.05. The van der Waals surface area contributed by atoms with Crippen LogP contribution in [0.1, 0.15) is 11.1 Å². The van der Waals surface area contributed by atoms with E-state index in [1.165, 1.54) is 18.4 Å². The molecule has 3 aromatic carbocycles. The molecule has 0 spiro atoms. The van der Waals surface area contributed by atoms with Gasteiger partial charge in [-0.3, -0.25) is 9.59 Å². The van der Waals surface area contributed by atoms with Gasteiger partial charge in [0.25, 0.3) is 0 Å². The molecule has 0 aliphatic heterocycles. The second-order valence-electron chi connectivity index (χ2n) is 6.37. The van der Waals surface area contributed by atoms with E-state index in [-0.39, 0.29) is 11.3 Å². The number of amides is 1. The first-order valence-electron chi connectivity index (χ1n) is 8.61. The summed E-state index contributed by atoms with van der Waals surface area (Å²) in [5.41, 5.74) is 2.41. The summed E-state index contributed by atoms with van der Waals surface area (Å²) in [5, 5.41) is 5.38. The van der Waals surface area contributed by atoms with Gasteiger partial charge in [-0.2, -0.15) is 0 Å². The Kier molecular flexibility index (Phi) is 4.30. The normalized spacial score (nSPS) is 11.3. The molecule has 132 valence electrons. The van der Waals surface area contributed by atoms with E-state index in [0.29, 0.717) is 16.5 Å². The van der Waals surface area contributed by atoms with Crippen molar-refractivity contribution in [2.75, 3.05) is 5.32 Å². The number of nitrogens with one attached hydrogen (secondary N) is 1. The largest absolute Gasteiger partial charge is 0.463 e. The van der Waals surface area contributed by atoms with Gasteiger partial charge in [-0.15, -0.1) is 0 Å². The molecule has 0 fully saturated rings. The molecule has 0 saturated heterocycles. The Morgan fingerprint density at radius 2 is 1.81 bits per heavy atom. The molecule has 0 saturated carbocycles. The molecule has 0 bridgehead atoms. The summed E-state index contributed by atoms with van der Waals surface area (Å²) in [7, 11) is 0. The van der Waals surface area contributed by atoms with Crippen molar-refractivity contribution < 1.29 is 9.21 Å². The van der Waals surface area contributed by atoms with Gasteiger partial charge < -0.3 is 9.73 Å². The summed E-state index contributed by atoms with van der Waals surface area (Å²) in [6.45, 7) is 1.92. The molecule has 0 unspecified atom stereocenters. The monoisotopic (exact) mass is 355 g/mol. The van der Waals surface area contributed by atoms with Crippen LogP contribution in [0, 0.1) is 6.92 Å². The van der Waals surface area contributed by atoms with Gasteiger partial charge in [0.1, 0.15) is 11.8 Å². The smallest absolute Gasteiger partial charge is 0.248 e. The molecule has 4 rings (SSSR count). The fourth-order valence-corrected chi connectivity index (χ4v) is 3.05. The lowest BCUT2D eigenvalue weighted by Gasteiger charge is -2.06. The summed E-state index contributed by atoms with van der Waals surface area (Å²) >= 11 is 0. The Balaban J connectivity index is 1.61. The quantitative estimate of drug-likeness (QED) is 0.531. The third-order valence-corrected chi connectivity index (χ3v) is 4.42. The number of carbonyl (C=O) groups is 1. The molecule has 0 aliphatic carbocycles. The van der Waals surface area contributed by atoms with Crippen molar-refractivity contribution >= 4 is 39.4 Å². The van der Waals surface area contributed by atoms with Crippen molar-refractivity contribution in [1.82, 2.24) is 0 Å². The first-order valence-corrected chi connectivity index (χ1v) is 8.61. The average Bonchev–Trinajstić information content (AvgIpc) is 2.68. The summed E-state index contributed by atoms with van der Waals surface area (Å²) in [4.78, 5) is 24.9. The molecule has 1 amide bonds. The van der Waals surface area contributed by atoms with Crippen molar-refractivity contribution in [1.29, 1.82) is 0 Å². The Hall–Kier alpha value is -3.66. The molecule has 1 N–H and O–H groups in total. The number of rotatable bonds is 3. The zero-order chi connectivity index (χ0) is 18.8. The highest BCUT2D eigenvalue weighted by Gasteiger charge is 2.06. The van der Waals surface area contributed by atoms with Gasteiger partial charge in [0.05, 0.1) is 10.9 Å². The van der Waals surface area contributed by atoms with Crippen LogP contribution in [0.25, 0.3) is 27.8 Å². The molecule has 4 heteroatoms. The molecule has 27 heavy (non-hydrogen) atoms. The minimum Gasteiger partial charge on any atom is -0.463 e. The number of fused-ring (bicyclic) bond motifs is 2. The second-order valence-corrected chi connectivity index (χ2v) is 6.37. The highest BCUT2D eigenvalue weighted by molar-refractivity contribution is 6.07. The van der Waals surface area contributed by atoms with Crippen LogP contribution in [-0.2, 0) is 4.79 Å². The number of carbonyl (C=O) groups excluding carboxylic acids is 1. The summed E-state index contributed by atoms with van der Waals surface area (Å²) < 4.78 is 5.50. The SMILES string of the molecule is Cc1ccc2occ(/C=C/C(=O)Nc3cccc4ccccc34)c(=O)c2c1. The van der Waals surface area contributed by atoms with Gasteiger partial charge >= 0.3 is 0 Å². The van der Waals surface area contributed by atoms with E-state index >= 15 is 0 Å². The van der Waals surface area contributed by atoms with Gasteiger partial charge in [0, 0.05) is 17.1 Å². The van der Waals surface area contributed by atoms with E-state index in [4.69, 9.17) is 4.42 Å². The molecule has 1 heterocycles. The maximum absolute atomic E-state index is 12.6. The van der Waals surface area contributed by atoms with E-state index in [1.807, 2.05) is 55.5 Å². The topological polar surface area (TPSA) is 59.3 Å². The molecule has 4 aromatic rings. The van der Waals surface area contributed by atoms with Crippen LogP contribution in [0.4, 0.5) is 5.69 Å². The van der Waals surface area contributed by atoms with Crippen molar-refractivity contribution in [3.63, 3.8) is 0 Å². The van der Waals surface area contributed by atoms with Crippen molar-refractivity contribution in [2.45, 2.75) is 6.92 Å². The van der Waals surface area contributed by atoms with Gasteiger partial charge in [-0.25, -0.2) is 0 Å². The highest BCUT2D eigenvalue weighted by Crippen LogP contribution is 2.23. The number of hydrogen-bond donors (Lipinski definition) is 1. The molecular weight excluding hydrogens is 338 g/mol. The third-order valence-electron chi connectivity index (χ3n) is 4.42. The standard InChI is InChI=1S/C23H17NO3/c1-15-9-11-21-19(13-15)23(26)17(14-27-21)10-12-22(25)24-20-8-4-6-16-5-2-3-7-18(16)20/h2-14H,1H3,(H,24,25)/b12-10+. The number of anilines is 1. The van der Waals surface area contributed by atoms with E-state index < -0.39 is 0 Å². The first kappa shape index (κ1) is 16.8. The van der Waals surface area contributed by atoms with Crippen LogP contribution < -0.4 is 10.7 Å². The average molecular weight is 355 g/mol. The lowest BCUT2D eigenvalue weighted by atomic mass is 10.1. The van der Waals surface area contributed by atoms with Crippen molar-refractivity contribution in [2.24, 2.45) is 0 Å². The predicted octanol–water partition coefficient (Wildman–Crippen LogP) is 4.91. The lowest BCUT2D eigenvalue weighted by Crippen LogP contribution is -2.09. The van der Waals surface area contributed by atoms with Crippen LogP contribution in [0.3, 0.4) is 0 Å². The van der Waals surface area contributed by atoms with Crippen LogP contribution in [0.2, 0.25) is 0 Å². The number of hydrogen-bond acceptors (Lipinski definition) is 3. The van der Waals surface area contributed by atoms with Crippen LogP contribution in [-0.4, -0.2) is 5.91 Å². The van der Waals surface area contributed by atoms with Crippen molar-refractivity contribution in [3.8, 4) is 0 Å². The maximum atomic E-state index is 12.6. The van der Waals surface area contributed by atoms with E-state index in [9.17, 15) is 9.59 Å². The van der Waals surface area contributed by atoms with Crippen molar-refractivity contribution in [3.05, 3.63) is 94.4 Å². The molecule has 4 nitrogen and oxygen atoms in total. The number of aryl methyl sites for hydroxylation is 1. The molecule has 1 aromatic heterocycles. The molecule has 0 aliphatic rings. The zero-order valence-electron chi connectivity index (χ0n) is 14.7. The molecular formula is C23H17NO3. The van der Waals surface area contributed by atoms with Gasteiger partial charge in [-0.1, -0.05) is 48.0 Å². The van der Waals surface area contributed by atoms with Gasteiger partial charge in [-0.05, 0) is 36.6 Å². The minimum atomic E-state index is -0.310. The Morgan fingerprint density at radius 1 is 1.00 bits per heavy atom. The Morgan fingerprint density at radius 3 is 2.70 bits per heavy atom. The minimum absolute atomic E-state index is 0.158.